The Labute approximate surface area is 92.4 Å². The Bertz CT molecular complexity index is 270. The number of rotatable bonds is 6. The molecule has 1 atom stereocenters. The average molecular weight is 232 g/mol. The van der Waals surface area contributed by atoms with E-state index in [-0.39, 0.29) is 12.2 Å². The normalized spacial score (nSPS) is 21.5. The van der Waals surface area contributed by atoms with E-state index in [9.17, 15) is 4.57 Å². The van der Waals surface area contributed by atoms with Gasteiger partial charge in [-0.25, -0.2) is 0 Å². The largest absolute Gasteiger partial charge is 0.331 e. The topological polar surface area (TPSA) is 35.5 Å². The van der Waals surface area contributed by atoms with Gasteiger partial charge >= 0.3 is 7.60 Å². The highest BCUT2D eigenvalue weighted by atomic mass is 31.2. The lowest BCUT2D eigenvalue weighted by Crippen LogP contribution is -2.11. The van der Waals surface area contributed by atoms with Crippen molar-refractivity contribution in [1.29, 1.82) is 0 Å². The number of allylic oxidation sites excluding steroid dienone is 1. The van der Waals surface area contributed by atoms with Crippen molar-refractivity contribution in [3.63, 3.8) is 0 Å². The van der Waals surface area contributed by atoms with Crippen LogP contribution in [0, 0.1) is 5.92 Å². The lowest BCUT2D eigenvalue weighted by molar-refractivity contribution is 0.142. The van der Waals surface area contributed by atoms with Gasteiger partial charge in [-0.2, -0.15) is 0 Å². The maximum Gasteiger partial charge on any atom is 0.331 e. The molecular weight excluding hydrogens is 211 g/mol. The van der Waals surface area contributed by atoms with E-state index in [0.717, 1.165) is 12.0 Å². The summed E-state index contributed by atoms with van der Waals surface area (Å²) in [5.74, 6) is 0.341. The summed E-state index contributed by atoms with van der Waals surface area (Å²) in [7, 11) is -2.92. The SMILES string of the molecule is C=C1CC1CP(=O)(OC(C)C)OC(C)C. The first-order valence-electron chi connectivity index (χ1n) is 5.46. The number of hydrogen-bond donors (Lipinski definition) is 0. The average Bonchev–Trinajstić information content (AvgIpc) is 2.59. The van der Waals surface area contributed by atoms with Crippen molar-refractivity contribution in [2.45, 2.75) is 46.3 Å². The first-order valence-corrected chi connectivity index (χ1v) is 7.18. The van der Waals surface area contributed by atoms with Gasteiger partial charge in [0.25, 0.3) is 0 Å². The highest BCUT2D eigenvalue weighted by Crippen LogP contribution is 2.56. The lowest BCUT2D eigenvalue weighted by Gasteiger charge is -2.22. The summed E-state index contributed by atoms with van der Waals surface area (Å²) in [4.78, 5) is 0. The van der Waals surface area contributed by atoms with E-state index in [0.29, 0.717) is 12.1 Å². The molecule has 1 rings (SSSR count). The van der Waals surface area contributed by atoms with Gasteiger partial charge < -0.3 is 9.05 Å². The van der Waals surface area contributed by atoms with Crippen LogP contribution < -0.4 is 0 Å². The van der Waals surface area contributed by atoms with E-state index in [1.54, 1.807) is 0 Å². The molecule has 1 unspecified atom stereocenters. The fourth-order valence-electron chi connectivity index (χ4n) is 1.47. The van der Waals surface area contributed by atoms with Gasteiger partial charge in [-0.05, 0) is 40.0 Å². The summed E-state index contributed by atoms with van der Waals surface area (Å²) in [6.07, 6.45) is 1.32. The minimum Gasteiger partial charge on any atom is -0.306 e. The zero-order valence-electron chi connectivity index (χ0n) is 10.0. The van der Waals surface area contributed by atoms with Crippen LogP contribution in [-0.2, 0) is 13.6 Å². The van der Waals surface area contributed by atoms with Crippen molar-refractivity contribution in [2.75, 3.05) is 6.16 Å². The van der Waals surface area contributed by atoms with Crippen molar-refractivity contribution >= 4 is 7.60 Å². The molecule has 1 aliphatic carbocycles. The third-order valence-corrected chi connectivity index (χ3v) is 4.49. The highest BCUT2D eigenvalue weighted by Gasteiger charge is 2.38. The molecule has 0 heterocycles. The predicted molar refractivity (Wildman–Crippen MR) is 62.2 cm³/mol. The summed E-state index contributed by atoms with van der Waals surface area (Å²) < 4.78 is 23.2. The molecular formula is C11H21O3P. The molecule has 1 fully saturated rings. The van der Waals surface area contributed by atoms with Crippen LogP contribution in [0.3, 0.4) is 0 Å². The molecule has 0 aromatic carbocycles. The maximum absolute atomic E-state index is 12.3. The zero-order valence-corrected chi connectivity index (χ0v) is 10.9. The highest BCUT2D eigenvalue weighted by molar-refractivity contribution is 7.53. The van der Waals surface area contributed by atoms with Crippen molar-refractivity contribution < 1.29 is 13.6 Å². The van der Waals surface area contributed by atoms with Crippen LogP contribution in [-0.4, -0.2) is 18.4 Å². The summed E-state index contributed by atoms with van der Waals surface area (Å²) in [6, 6.07) is 0. The molecule has 88 valence electrons. The van der Waals surface area contributed by atoms with Gasteiger partial charge in [-0.15, -0.1) is 0 Å². The van der Waals surface area contributed by atoms with Crippen LogP contribution >= 0.6 is 7.60 Å². The predicted octanol–water partition coefficient (Wildman–Crippen LogP) is 3.61. The molecule has 1 aliphatic rings. The molecule has 1 saturated carbocycles. The molecule has 15 heavy (non-hydrogen) atoms. The molecule has 0 N–H and O–H groups in total. The zero-order chi connectivity index (χ0) is 11.6. The molecule has 0 saturated heterocycles. The van der Waals surface area contributed by atoms with Gasteiger partial charge in [0, 0.05) is 0 Å². The van der Waals surface area contributed by atoms with Crippen LogP contribution in [0.15, 0.2) is 12.2 Å². The van der Waals surface area contributed by atoms with E-state index in [1.807, 2.05) is 27.7 Å². The molecule has 0 radical (unpaired) electrons. The third kappa shape index (κ3) is 4.50. The summed E-state index contributed by atoms with van der Waals surface area (Å²) in [5.41, 5.74) is 1.16. The standard InChI is InChI=1S/C11H21O3P/c1-8(2)13-15(12,14-9(3)4)7-11-6-10(11)5/h8-9,11H,5-7H2,1-4H3. The van der Waals surface area contributed by atoms with Gasteiger partial charge in [0.1, 0.15) is 0 Å². The quantitative estimate of drug-likeness (QED) is 0.518. The van der Waals surface area contributed by atoms with Crippen molar-refractivity contribution in [2.24, 2.45) is 5.92 Å². The van der Waals surface area contributed by atoms with Gasteiger partial charge in [-0.1, -0.05) is 12.2 Å². The molecule has 3 nitrogen and oxygen atoms in total. The Morgan fingerprint density at radius 3 is 2.00 bits per heavy atom. The second-order valence-electron chi connectivity index (χ2n) is 4.66. The molecule has 0 bridgehead atoms. The Morgan fingerprint density at radius 2 is 1.73 bits per heavy atom. The third-order valence-electron chi connectivity index (χ3n) is 2.11. The lowest BCUT2D eigenvalue weighted by atomic mass is 10.5. The monoisotopic (exact) mass is 232 g/mol. The summed E-state index contributed by atoms with van der Waals surface area (Å²) in [5, 5.41) is 0. The fraction of sp³-hybridized carbons (Fsp3) is 0.818. The molecule has 4 heteroatoms. The van der Waals surface area contributed by atoms with Crippen LogP contribution in [0.4, 0.5) is 0 Å². The smallest absolute Gasteiger partial charge is 0.306 e. The van der Waals surface area contributed by atoms with Gasteiger partial charge in [-0.3, -0.25) is 4.57 Å². The second kappa shape index (κ2) is 4.82. The van der Waals surface area contributed by atoms with Gasteiger partial charge in [0.15, 0.2) is 0 Å². The first-order chi connectivity index (χ1) is 6.82. The Balaban J connectivity index is 2.58. The second-order valence-corrected chi connectivity index (χ2v) is 6.67. The summed E-state index contributed by atoms with van der Waals surface area (Å²) in [6.45, 7) is 11.4. The van der Waals surface area contributed by atoms with E-state index >= 15 is 0 Å². The minimum absolute atomic E-state index is 0.0680. The van der Waals surface area contributed by atoms with Crippen LogP contribution in [0.25, 0.3) is 0 Å². The van der Waals surface area contributed by atoms with E-state index in [1.165, 1.54) is 0 Å². The molecule has 0 spiro atoms. The van der Waals surface area contributed by atoms with Crippen LogP contribution in [0.5, 0.6) is 0 Å². The molecule has 0 aromatic rings. The molecule has 0 aliphatic heterocycles. The maximum atomic E-state index is 12.3. The summed E-state index contributed by atoms with van der Waals surface area (Å²) >= 11 is 0. The van der Waals surface area contributed by atoms with Gasteiger partial charge in [0.05, 0.1) is 18.4 Å². The molecule has 0 amide bonds. The van der Waals surface area contributed by atoms with Gasteiger partial charge in [0.2, 0.25) is 0 Å². The van der Waals surface area contributed by atoms with E-state index in [2.05, 4.69) is 6.58 Å². The fourth-order valence-corrected chi connectivity index (χ4v) is 3.91. The number of hydrogen-bond acceptors (Lipinski definition) is 3. The van der Waals surface area contributed by atoms with E-state index < -0.39 is 7.60 Å². The Kier molecular flexibility index (Phi) is 4.16. The Hall–Kier alpha value is -0.110. The van der Waals surface area contributed by atoms with Crippen molar-refractivity contribution in [3.05, 3.63) is 12.2 Å². The first kappa shape index (κ1) is 13.0. The van der Waals surface area contributed by atoms with Crippen LogP contribution in [0.1, 0.15) is 34.1 Å². The van der Waals surface area contributed by atoms with E-state index in [4.69, 9.17) is 9.05 Å². The van der Waals surface area contributed by atoms with Crippen molar-refractivity contribution in [3.8, 4) is 0 Å². The minimum atomic E-state index is -2.92. The van der Waals surface area contributed by atoms with Crippen LogP contribution in [0.2, 0.25) is 0 Å². The molecule has 0 aromatic heterocycles. The Morgan fingerprint density at radius 1 is 1.33 bits per heavy atom. The van der Waals surface area contributed by atoms with Crippen molar-refractivity contribution in [1.82, 2.24) is 0 Å².